The lowest BCUT2D eigenvalue weighted by atomic mass is 10.1. The Labute approximate surface area is 193 Å². The molecule has 0 unspecified atom stereocenters. The molecule has 0 aromatic heterocycles. The summed E-state index contributed by atoms with van der Waals surface area (Å²) < 4.78 is 46.5. The van der Waals surface area contributed by atoms with Gasteiger partial charge in [0.1, 0.15) is 6.26 Å². The van der Waals surface area contributed by atoms with Crippen molar-refractivity contribution in [2.24, 2.45) is 0 Å². The lowest BCUT2D eigenvalue weighted by Crippen LogP contribution is -2.54. The maximum atomic E-state index is 15.5. The summed E-state index contributed by atoms with van der Waals surface area (Å²) in [7, 11) is 0. The number of carbonyl (C=O) groups excluding carboxylic acids is 3. The number of rotatable bonds is 5. The number of urea groups is 1. The maximum absolute atomic E-state index is 15.5. The summed E-state index contributed by atoms with van der Waals surface area (Å²) in [6.07, 6.45) is -0.535. The van der Waals surface area contributed by atoms with E-state index < -0.39 is 42.0 Å². The van der Waals surface area contributed by atoms with Gasteiger partial charge in [-0.3, -0.25) is 4.90 Å². The average Bonchev–Trinajstić information content (AvgIpc) is 2.97. The van der Waals surface area contributed by atoms with E-state index in [1.54, 1.807) is 42.5 Å². The van der Waals surface area contributed by atoms with Crippen LogP contribution in [-0.4, -0.2) is 54.2 Å². The first-order chi connectivity index (χ1) is 16.4. The van der Waals surface area contributed by atoms with Gasteiger partial charge in [0, 0.05) is 13.1 Å². The van der Waals surface area contributed by atoms with E-state index in [1.165, 1.54) is 30.3 Å². The fraction of sp³-hybridized carbons (Fsp3) is 0.208. The summed E-state index contributed by atoms with van der Waals surface area (Å²) in [5.74, 6) is -6.32. The van der Waals surface area contributed by atoms with Crippen molar-refractivity contribution in [3.05, 3.63) is 96.0 Å². The van der Waals surface area contributed by atoms with Gasteiger partial charge in [-0.1, -0.05) is 48.6 Å². The van der Waals surface area contributed by atoms with Crippen LogP contribution in [0.2, 0.25) is 0 Å². The lowest BCUT2D eigenvalue weighted by molar-refractivity contribution is -0.152. The summed E-state index contributed by atoms with van der Waals surface area (Å²) in [6.45, 7) is -0.0000435. The SMILES string of the molecule is O=C(O/C=C1/O[C@@H](N2CC=CCNC2=O)C(F)(F)[C@@H]1OC(=O)c1ccccc1)c1ccccc1. The van der Waals surface area contributed by atoms with Gasteiger partial charge < -0.3 is 19.5 Å². The third kappa shape index (κ3) is 4.75. The van der Waals surface area contributed by atoms with E-state index in [0.717, 1.165) is 4.90 Å². The molecule has 2 atom stereocenters. The van der Waals surface area contributed by atoms with E-state index in [4.69, 9.17) is 14.2 Å². The first-order valence-electron chi connectivity index (χ1n) is 10.3. The molecule has 0 spiro atoms. The molecule has 2 heterocycles. The van der Waals surface area contributed by atoms with E-state index >= 15 is 8.78 Å². The van der Waals surface area contributed by atoms with Gasteiger partial charge >= 0.3 is 23.9 Å². The zero-order chi connectivity index (χ0) is 24.1. The second-order valence-electron chi connectivity index (χ2n) is 7.40. The number of carbonyl (C=O) groups is 3. The number of alkyl halides is 2. The van der Waals surface area contributed by atoms with Crippen LogP contribution in [0, 0.1) is 0 Å². The molecule has 1 fully saturated rings. The second kappa shape index (κ2) is 9.74. The van der Waals surface area contributed by atoms with E-state index in [0.29, 0.717) is 6.26 Å². The van der Waals surface area contributed by atoms with Crippen LogP contribution in [0.1, 0.15) is 20.7 Å². The van der Waals surface area contributed by atoms with Crippen molar-refractivity contribution in [1.29, 1.82) is 0 Å². The minimum absolute atomic E-state index is 0.0397. The predicted octanol–water partition coefficient (Wildman–Crippen LogP) is 3.48. The van der Waals surface area contributed by atoms with E-state index in [-0.39, 0.29) is 24.2 Å². The van der Waals surface area contributed by atoms with Gasteiger partial charge in [0.15, 0.2) is 5.76 Å². The number of amides is 2. The first-order valence-corrected chi connectivity index (χ1v) is 10.3. The number of hydrogen-bond acceptors (Lipinski definition) is 6. The summed E-state index contributed by atoms with van der Waals surface area (Å²) >= 11 is 0. The van der Waals surface area contributed by atoms with Crippen molar-refractivity contribution >= 4 is 18.0 Å². The molecule has 2 aliphatic rings. The number of hydrogen-bond donors (Lipinski definition) is 1. The van der Waals surface area contributed by atoms with Crippen LogP contribution in [0.15, 0.2) is 84.8 Å². The highest BCUT2D eigenvalue weighted by atomic mass is 19.3. The van der Waals surface area contributed by atoms with Crippen LogP contribution in [0.4, 0.5) is 13.6 Å². The highest BCUT2D eigenvalue weighted by molar-refractivity contribution is 5.90. The van der Waals surface area contributed by atoms with Crippen LogP contribution < -0.4 is 5.32 Å². The molecule has 1 saturated heterocycles. The van der Waals surface area contributed by atoms with E-state index in [9.17, 15) is 14.4 Å². The van der Waals surface area contributed by atoms with Crippen LogP contribution in [0.3, 0.4) is 0 Å². The fourth-order valence-electron chi connectivity index (χ4n) is 3.39. The van der Waals surface area contributed by atoms with E-state index in [2.05, 4.69) is 5.32 Å². The Hall–Kier alpha value is -4.21. The number of esters is 2. The van der Waals surface area contributed by atoms with Gasteiger partial charge in [0.25, 0.3) is 0 Å². The topological polar surface area (TPSA) is 94.2 Å². The third-order valence-electron chi connectivity index (χ3n) is 5.09. The summed E-state index contributed by atoms with van der Waals surface area (Å²) in [4.78, 5) is 38.0. The Kier molecular flexibility index (Phi) is 6.58. The van der Waals surface area contributed by atoms with Gasteiger partial charge in [-0.15, -0.1) is 0 Å². The minimum atomic E-state index is -3.86. The smallest absolute Gasteiger partial charge is 0.346 e. The number of halogens is 2. The quantitative estimate of drug-likeness (QED) is 0.409. The molecule has 10 heteroatoms. The minimum Gasteiger partial charge on any atom is -0.461 e. The summed E-state index contributed by atoms with van der Waals surface area (Å²) in [5.41, 5.74) is 0.216. The Morgan fingerprint density at radius 3 is 2.26 bits per heavy atom. The molecular formula is C24H20F2N2O6. The fourth-order valence-corrected chi connectivity index (χ4v) is 3.39. The molecule has 0 aliphatic carbocycles. The molecule has 0 bridgehead atoms. The molecular weight excluding hydrogens is 450 g/mol. The van der Waals surface area contributed by atoms with Crippen molar-refractivity contribution in [2.75, 3.05) is 13.1 Å². The summed E-state index contributed by atoms with van der Waals surface area (Å²) in [6, 6.07) is 14.6. The van der Waals surface area contributed by atoms with Crippen LogP contribution in [0.25, 0.3) is 0 Å². The second-order valence-corrected chi connectivity index (χ2v) is 7.40. The first kappa shape index (κ1) is 23.0. The lowest BCUT2D eigenvalue weighted by Gasteiger charge is -2.30. The Morgan fingerprint density at radius 1 is 1.00 bits per heavy atom. The maximum Gasteiger partial charge on any atom is 0.346 e. The zero-order valence-corrected chi connectivity index (χ0v) is 17.7. The van der Waals surface area contributed by atoms with Crippen molar-refractivity contribution in [3.8, 4) is 0 Å². The largest absolute Gasteiger partial charge is 0.461 e. The van der Waals surface area contributed by atoms with Gasteiger partial charge in [0.2, 0.25) is 12.3 Å². The molecule has 2 amide bonds. The zero-order valence-electron chi connectivity index (χ0n) is 17.7. The molecule has 0 saturated carbocycles. The molecule has 1 N–H and O–H groups in total. The Balaban J connectivity index is 1.63. The summed E-state index contributed by atoms with van der Waals surface area (Å²) in [5, 5.41) is 2.45. The molecule has 0 radical (unpaired) electrons. The average molecular weight is 470 g/mol. The number of nitrogens with one attached hydrogen (secondary N) is 1. The monoisotopic (exact) mass is 470 g/mol. The number of ether oxygens (including phenoxy) is 3. The molecule has 2 aromatic carbocycles. The molecule has 8 nitrogen and oxygen atoms in total. The Morgan fingerprint density at radius 2 is 1.62 bits per heavy atom. The Bertz CT molecular complexity index is 1120. The molecule has 4 rings (SSSR count). The van der Waals surface area contributed by atoms with Gasteiger partial charge in [-0.05, 0) is 24.3 Å². The van der Waals surface area contributed by atoms with Gasteiger partial charge in [-0.25, -0.2) is 14.4 Å². The normalized spacial score (nSPS) is 22.5. The number of nitrogens with zero attached hydrogens (tertiary/aromatic N) is 1. The molecule has 2 aromatic rings. The van der Waals surface area contributed by atoms with Crippen molar-refractivity contribution in [1.82, 2.24) is 10.2 Å². The highest BCUT2D eigenvalue weighted by Crippen LogP contribution is 2.42. The molecule has 34 heavy (non-hydrogen) atoms. The van der Waals surface area contributed by atoms with Crippen LogP contribution in [0.5, 0.6) is 0 Å². The highest BCUT2D eigenvalue weighted by Gasteiger charge is 2.63. The van der Waals surface area contributed by atoms with Crippen molar-refractivity contribution in [2.45, 2.75) is 18.3 Å². The number of benzene rings is 2. The van der Waals surface area contributed by atoms with Crippen molar-refractivity contribution < 1.29 is 37.4 Å². The third-order valence-corrected chi connectivity index (χ3v) is 5.09. The van der Waals surface area contributed by atoms with Crippen LogP contribution in [-0.2, 0) is 14.2 Å². The van der Waals surface area contributed by atoms with Crippen molar-refractivity contribution in [3.63, 3.8) is 0 Å². The standard InChI is InChI=1S/C24H20F2N2O6/c25-24(26)19(34-21(30)17-11-5-2-6-12-17)18(15-32-20(29)16-9-3-1-4-10-16)33-22(24)28-14-8-7-13-27-23(28)31/h1-12,15,19,22H,13-14H2,(H,27,31)/b18-15+/t19-,22-/m1/s1. The van der Waals surface area contributed by atoms with Crippen LogP contribution >= 0.6 is 0 Å². The predicted molar refractivity (Wildman–Crippen MR) is 115 cm³/mol. The molecule has 176 valence electrons. The van der Waals surface area contributed by atoms with Gasteiger partial charge in [0.05, 0.1) is 11.1 Å². The molecule has 2 aliphatic heterocycles. The van der Waals surface area contributed by atoms with E-state index in [1.807, 2.05) is 0 Å². The van der Waals surface area contributed by atoms with Gasteiger partial charge in [-0.2, -0.15) is 8.78 Å².